The first kappa shape index (κ1) is 36.1. The van der Waals surface area contributed by atoms with Crippen molar-refractivity contribution in [3.05, 3.63) is 113 Å². The first-order valence-corrected chi connectivity index (χ1v) is 17.5. The van der Waals surface area contributed by atoms with E-state index in [2.05, 4.69) is 35.7 Å². The summed E-state index contributed by atoms with van der Waals surface area (Å²) in [5.74, 6) is -0.520. The Morgan fingerprint density at radius 2 is 1.75 bits per heavy atom. The Kier molecular flexibility index (Phi) is 9.87. The highest BCUT2D eigenvalue weighted by atomic mass is 32.2. The summed E-state index contributed by atoms with van der Waals surface area (Å²) < 4.78 is 41.5. The molecule has 0 saturated heterocycles. The van der Waals surface area contributed by atoms with E-state index < -0.39 is 32.3 Å². The maximum Gasteiger partial charge on any atom is 0.335 e. The van der Waals surface area contributed by atoms with Gasteiger partial charge in [-0.3, -0.25) is 14.4 Å². The minimum absolute atomic E-state index is 0.108. The molecule has 53 heavy (non-hydrogen) atoms. The minimum atomic E-state index is -4.58. The number of carboxylic acid groups (broad SMARTS) is 1. The van der Waals surface area contributed by atoms with Crippen LogP contribution in [0.5, 0.6) is 5.75 Å². The van der Waals surface area contributed by atoms with Gasteiger partial charge >= 0.3 is 5.97 Å². The van der Waals surface area contributed by atoms with Gasteiger partial charge in [-0.15, -0.1) is 15.3 Å². The third-order valence-electron chi connectivity index (χ3n) is 7.85. The van der Waals surface area contributed by atoms with Crippen LogP contribution >= 0.6 is 0 Å². The molecule has 6 aromatic rings. The average molecular weight is 737 g/mol. The van der Waals surface area contributed by atoms with Gasteiger partial charge in [-0.25, -0.2) is 19.3 Å². The predicted octanol–water partition coefficient (Wildman–Crippen LogP) is 6.72. The molecule has 270 valence electrons. The van der Waals surface area contributed by atoms with Crippen LogP contribution in [0, 0.1) is 6.57 Å². The van der Waals surface area contributed by atoms with Crippen LogP contribution in [0.2, 0.25) is 0 Å². The zero-order valence-electron chi connectivity index (χ0n) is 28.5. The number of fused-ring (bicyclic) bond motifs is 1. The van der Waals surface area contributed by atoms with Crippen LogP contribution in [0.3, 0.4) is 0 Å². The predicted molar refractivity (Wildman–Crippen MR) is 191 cm³/mol. The molecule has 3 aromatic carbocycles. The van der Waals surface area contributed by atoms with E-state index in [1.165, 1.54) is 45.8 Å². The fourth-order valence-electron chi connectivity index (χ4n) is 5.25. The molecule has 0 unspecified atom stereocenters. The van der Waals surface area contributed by atoms with Crippen molar-refractivity contribution < 1.29 is 32.4 Å². The molecular formula is C35H32N10O7S. The Balaban J connectivity index is 1.12. The number of hydrogen-bond acceptors (Lipinski definition) is 10. The third kappa shape index (κ3) is 7.96. The highest BCUT2D eigenvalue weighted by Gasteiger charge is 2.26. The van der Waals surface area contributed by atoms with E-state index in [-0.39, 0.29) is 22.6 Å². The summed E-state index contributed by atoms with van der Waals surface area (Å²) in [5, 5.41) is 32.9. The summed E-state index contributed by atoms with van der Waals surface area (Å²) in [7, 11) is -4.58. The first-order valence-electron chi connectivity index (χ1n) is 16.0. The number of nitrogens with zero attached hydrogens (tertiary/aromatic N) is 8. The molecule has 18 heteroatoms. The number of rotatable bonds is 12. The molecule has 0 fully saturated rings. The number of hydrogen-bond donors (Lipinski definition) is 4. The van der Waals surface area contributed by atoms with Crippen LogP contribution < -0.4 is 10.1 Å². The number of amides is 1. The largest absolute Gasteiger partial charge is 0.494 e. The molecule has 0 aliphatic carbocycles. The summed E-state index contributed by atoms with van der Waals surface area (Å²) in [6.45, 7) is 13.9. The van der Waals surface area contributed by atoms with Gasteiger partial charge in [-0.2, -0.15) is 18.1 Å². The first-order chi connectivity index (χ1) is 25.2. The van der Waals surface area contributed by atoms with Gasteiger partial charge in [0.25, 0.3) is 21.7 Å². The van der Waals surface area contributed by atoms with Gasteiger partial charge < -0.3 is 15.2 Å². The molecule has 0 radical (unpaired) electrons. The zero-order valence-corrected chi connectivity index (χ0v) is 29.4. The fourth-order valence-corrected chi connectivity index (χ4v) is 5.94. The number of carbonyl (C=O) groups is 2. The van der Waals surface area contributed by atoms with Crippen molar-refractivity contribution in [3.8, 4) is 11.4 Å². The Hall–Kier alpha value is -6.71. The maximum atomic E-state index is 12.7. The Morgan fingerprint density at radius 1 is 1.04 bits per heavy atom. The smallest absolute Gasteiger partial charge is 0.335 e. The molecule has 0 aliphatic heterocycles. The number of carboxylic acids is 1. The number of aromatic carboxylic acids is 1. The monoisotopic (exact) mass is 736 g/mol. The number of carbonyl (C=O) groups excluding carboxylic acids is 1. The topological polar surface area (TPSA) is 223 Å². The highest BCUT2D eigenvalue weighted by Crippen LogP contribution is 2.37. The van der Waals surface area contributed by atoms with Crippen molar-refractivity contribution in [3.63, 3.8) is 0 Å². The van der Waals surface area contributed by atoms with E-state index >= 15 is 0 Å². The van der Waals surface area contributed by atoms with E-state index in [0.29, 0.717) is 53.7 Å². The van der Waals surface area contributed by atoms with Crippen LogP contribution in [0.15, 0.2) is 94.1 Å². The molecule has 0 aliphatic rings. The molecule has 17 nitrogen and oxygen atoms in total. The Labute approximate surface area is 302 Å². The molecule has 4 N–H and O–H groups in total. The summed E-state index contributed by atoms with van der Waals surface area (Å²) in [5.41, 5.74) is 2.17. The lowest BCUT2D eigenvalue weighted by Crippen LogP contribution is -2.16. The molecule has 1 amide bonds. The Morgan fingerprint density at radius 3 is 2.42 bits per heavy atom. The van der Waals surface area contributed by atoms with E-state index in [9.17, 15) is 27.7 Å². The lowest BCUT2D eigenvalue weighted by molar-refractivity contribution is 0.0696. The number of benzene rings is 3. The standard InChI is InChI=1S/C35H32N10O7S/c1-35(2,3)30-29(40-41-31-26(36-4)20-37-44(31)23-15-11-21(12-16-23)34(47)48)32-39-28(42-45(32)43-30)10-7-19-52-24-17-13-22(14-18-24)38-33(46)25-8-5-6-9-27(25)53(49,50)51/h5-6,8-9,11-18,20,43H,7,10,19H2,1-3H3,(H,38,46)(H,47,48)(H,49,50,51). The summed E-state index contributed by atoms with van der Waals surface area (Å²) in [6.07, 6.45) is 2.40. The van der Waals surface area contributed by atoms with Crippen molar-refractivity contribution in [1.29, 1.82) is 0 Å². The Bertz CT molecular complexity index is 2500. The number of nitrogens with one attached hydrogen (secondary N) is 2. The SMILES string of the molecule is [C-]#[N+]c1cnn(-c2ccc(C(=O)O)cc2)c1N=Nc1c(C(C)(C)C)[nH]n2nc(CCCOc3ccc(NC(=O)c4ccccc4S(=O)(=O)O)cc3)nc12. The molecule has 0 atom stereocenters. The van der Waals surface area contributed by atoms with E-state index in [1.54, 1.807) is 36.4 Å². The van der Waals surface area contributed by atoms with E-state index in [1.807, 2.05) is 20.8 Å². The zero-order chi connectivity index (χ0) is 37.9. The van der Waals surface area contributed by atoms with Gasteiger partial charge in [-0.05, 0) is 67.1 Å². The number of ether oxygens (including phenoxy) is 1. The number of anilines is 1. The van der Waals surface area contributed by atoms with Crippen LogP contribution in [-0.2, 0) is 22.0 Å². The lowest BCUT2D eigenvalue weighted by atomic mass is 9.91. The molecule has 3 heterocycles. The average Bonchev–Trinajstić information content (AvgIpc) is 3.82. The number of H-pyrrole nitrogens is 1. The fraction of sp³-hybridized carbons (Fsp3) is 0.200. The van der Waals surface area contributed by atoms with Gasteiger partial charge in [0.15, 0.2) is 17.3 Å². The molecular weight excluding hydrogens is 705 g/mol. The number of aromatic amines is 1. The minimum Gasteiger partial charge on any atom is -0.494 e. The van der Waals surface area contributed by atoms with Gasteiger partial charge in [0, 0.05) is 17.5 Å². The van der Waals surface area contributed by atoms with Crippen LogP contribution in [0.1, 0.15) is 59.4 Å². The van der Waals surface area contributed by atoms with Crippen molar-refractivity contribution >= 4 is 50.5 Å². The summed E-state index contributed by atoms with van der Waals surface area (Å²) in [6, 6.07) is 17.9. The van der Waals surface area contributed by atoms with Crippen LogP contribution in [0.25, 0.3) is 16.2 Å². The number of aryl methyl sites for hydroxylation is 1. The summed E-state index contributed by atoms with van der Waals surface area (Å²) in [4.78, 5) is 31.7. The van der Waals surface area contributed by atoms with Crippen molar-refractivity contribution in [2.45, 2.75) is 43.9 Å². The molecule has 0 spiro atoms. The van der Waals surface area contributed by atoms with Crippen LogP contribution in [-0.4, -0.2) is 66.2 Å². The van der Waals surface area contributed by atoms with Gasteiger partial charge in [0.2, 0.25) is 5.65 Å². The van der Waals surface area contributed by atoms with E-state index in [4.69, 9.17) is 16.3 Å². The normalized spacial score (nSPS) is 11.9. The van der Waals surface area contributed by atoms with E-state index in [0.717, 1.165) is 11.8 Å². The molecule has 6 rings (SSSR count). The molecule has 3 aromatic heterocycles. The number of azo groups is 1. The van der Waals surface area contributed by atoms with Gasteiger partial charge in [0.1, 0.15) is 10.6 Å². The molecule has 0 bridgehead atoms. The second kappa shape index (κ2) is 14.5. The lowest BCUT2D eigenvalue weighted by Gasteiger charge is -2.16. The third-order valence-corrected chi connectivity index (χ3v) is 8.76. The molecule has 0 saturated carbocycles. The number of aromatic nitrogens is 6. The second-order valence-electron chi connectivity index (χ2n) is 12.7. The van der Waals surface area contributed by atoms with Crippen molar-refractivity contribution in [2.75, 3.05) is 11.9 Å². The van der Waals surface area contributed by atoms with Crippen molar-refractivity contribution in [1.82, 2.24) is 29.6 Å². The van der Waals surface area contributed by atoms with Gasteiger partial charge in [0.05, 0.1) is 41.9 Å². The second-order valence-corrected chi connectivity index (χ2v) is 14.1. The quantitative estimate of drug-likeness (QED) is 0.0449. The van der Waals surface area contributed by atoms with Gasteiger partial charge in [-0.1, -0.05) is 32.9 Å². The van der Waals surface area contributed by atoms with Crippen LogP contribution in [0.4, 0.5) is 22.9 Å². The highest BCUT2D eigenvalue weighted by molar-refractivity contribution is 7.86. The maximum absolute atomic E-state index is 12.7. The summed E-state index contributed by atoms with van der Waals surface area (Å²) >= 11 is 0. The van der Waals surface area contributed by atoms with Crippen molar-refractivity contribution in [2.24, 2.45) is 10.2 Å².